The van der Waals surface area contributed by atoms with Crippen LogP contribution < -0.4 is 5.32 Å². The van der Waals surface area contributed by atoms with Gasteiger partial charge in [0.05, 0.1) is 13.2 Å². The molecule has 1 aliphatic heterocycles. The van der Waals surface area contributed by atoms with Crippen molar-refractivity contribution in [3.05, 3.63) is 17.5 Å². The van der Waals surface area contributed by atoms with Gasteiger partial charge in [-0.15, -0.1) is 0 Å². The topological polar surface area (TPSA) is 70.2 Å². The number of amides is 1. The fraction of sp³-hybridized carbons (Fsp3) is 0.714. The first-order valence-corrected chi connectivity index (χ1v) is 7.27. The molecule has 1 aromatic rings. The van der Waals surface area contributed by atoms with Gasteiger partial charge in [0.15, 0.2) is 0 Å². The third-order valence-corrected chi connectivity index (χ3v) is 3.31. The smallest absolute Gasteiger partial charge is 0.271 e. The summed E-state index contributed by atoms with van der Waals surface area (Å²) in [6.07, 6.45) is 0.911. The first-order valence-electron chi connectivity index (χ1n) is 7.27. The van der Waals surface area contributed by atoms with Gasteiger partial charge in [0.25, 0.3) is 5.91 Å². The molecule has 0 saturated carbocycles. The number of ether oxygens (including phenoxy) is 1. The Hall–Kier alpha value is -1.40. The minimum atomic E-state index is -0.107. The Labute approximate surface area is 119 Å². The van der Waals surface area contributed by atoms with Crippen LogP contribution in [0.1, 0.15) is 30.0 Å². The zero-order valence-corrected chi connectivity index (χ0v) is 12.3. The van der Waals surface area contributed by atoms with E-state index in [0.717, 1.165) is 45.0 Å². The molecule has 2 heterocycles. The van der Waals surface area contributed by atoms with Gasteiger partial charge in [-0.3, -0.25) is 14.8 Å². The molecule has 1 aliphatic rings. The van der Waals surface area contributed by atoms with Crippen LogP contribution in [0.5, 0.6) is 0 Å². The van der Waals surface area contributed by atoms with Gasteiger partial charge in [0, 0.05) is 31.9 Å². The molecular formula is C14H24N4O2. The summed E-state index contributed by atoms with van der Waals surface area (Å²) in [6.45, 7) is 9.24. The van der Waals surface area contributed by atoms with Crippen LogP contribution in [0.15, 0.2) is 6.07 Å². The van der Waals surface area contributed by atoms with Crippen LogP contribution in [-0.4, -0.2) is 60.4 Å². The molecule has 0 spiro atoms. The number of rotatable bonds is 6. The van der Waals surface area contributed by atoms with Crippen molar-refractivity contribution < 1.29 is 9.53 Å². The van der Waals surface area contributed by atoms with Gasteiger partial charge in [-0.1, -0.05) is 13.8 Å². The molecule has 0 atom stereocenters. The van der Waals surface area contributed by atoms with E-state index in [-0.39, 0.29) is 5.91 Å². The number of carbonyl (C=O) groups is 1. The fourth-order valence-electron chi connectivity index (χ4n) is 2.27. The van der Waals surface area contributed by atoms with E-state index in [1.54, 1.807) is 0 Å². The number of aromatic amines is 1. The van der Waals surface area contributed by atoms with Crippen LogP contribution in [0, 0.1) is 5.92 Å². The molecule has 2 N–H and O–H groups in total. The molecular weight excluding hydrogens is 256 g/mol. The Morgan fingerprint density at radius 3 is 2.95 bits per heavy atom. The van der Waals surface area contributed by atoms with Crippen molar-refractivity contribution in [1.29, 1.82) is 0 Å². The molecule has 112 valence electrons. The number of H-pyrrole nitrogens is 1. The summed E-state index contributed by atoms with van der Waals surface area (Å²) in [5, 5.41) is 9.89. The van der Waals surface area contributed by atoms with E-state index < -0.39 is 0 Å². The number of morpholine rings is 1. The van der Waals surface area contributed by atoms with Crippen LogP contribution >= 0.6 is 0 Å². The number of carbonyl (C=O) groups excluding carboxylic acids is 1. The largest absolute Gasteiger partial charge is 0.379 e. The van der Waals surface area contributed by atoms with Crippen LogP contribution in [0.4, 0.5) is 0 Å². The van der Waals surface area contributed by atoms with Gasteiger partial charge in [-0.25, -0.2) is 0 Å². The molecule has 0 unspecified atom stereocenters. The zero-order chi connectivity index (χ0) is 14.4. The quantitative estimate of drug-likeness (QED) is 0.803. The molecule has 0 radical (unpaired) electrons. The highest BCUT2D eigenvalue weighted by Gasteiger charge is 2.13. The first kappa shape index (κ1) is 15.0. The van der Waals surface area contributed by atoms with Crippen molar-refractivity contribution in [2.75, 3.05) is 39.4 Å². The predicted molar refractivity (Wildman–Crippen MR) is 76.7 cm³/mol. The number of hydrogen-bond acceptors (Lipinski definition) is 4. The van der Waals surface area contributed by atoms with E-state index >= 15 is 0 Å². The van der Waals surface area contributed by atoms with Crippen molar-refractivity contribution in [3.8, 4) is 0 Å². The average Bonchev–Trinajstić information content (AvgIpc) is 2.87. The van der Waals surface area contributed by atoms with Crippen LogP contribution in [-0.2, 0) is 11.2 Å². The standard InChI is InChI=1S/C14H24N4O2/c1-11(2)9-12-10-13(17-16-12)14(19)15-3-4-18-5-7-20-8-6-18/h10-11H,3-9H2,1-2H3,(H,15,19)(H,16,17). The number of aromatic nitrogens is 2. The second kappa shape index (κ2) is 7.40. The maximum Gasteiger partial charge on any atom is 0.271 e. The van der Waals surface area contributed by atoms with Gasteiger partial charge >= 0.3 is 0 Å². The molecule has 1 saturated heterocycles. The number of nitrogens with one attached hydrogen (secondary N) is 2. The van der Waals surface area contributed by atoms with Gasteiger partial charge in [-0.2, -0.15) is 5.10 Å². The van der Waals surface area contributed by atoms with Crippen LogP contribution in [0.25, 0.3) is 0 Å². The third-order valence-electron chi connectivity index (χ3n) is 3.31. The summed E-state index contributed by atoms with van der Waals surface area (Å²) in [7, 11) is 0. The Morgan fingerprint density at radius 2 is 2.25 bits per heavy atom. The Kier molecular flexibility index (Phi) is 5.55. The first-order chi connectivity index (χ1) is 9.65. The van der Waals surface area contributed by atoms with Gasteiger partial charge in [-0.05, 0) is 18.4 Å². The fourth-order valence-corrected chi connectivity index (χ4v) is 2.27. The Balaban J connectivity index is 1.72. The maximum atomic E-state index is 11.9. The lowest BCUT2D eigenvalue weighted by atomic mass is 10.1. The Bertz CT molecular complexity index is 425. The van der Waals surface area contributed by atoms with Crippen molar-refractivity contribution >= 4 is 5.91 Å². The van der Waals surface area contributed by atoms with E-state index in [4.69, 9.17) is 4.74 Å². The van der Waals surface area contributed by atoms with E-state index in [9.17, 15) is 4.79 Å². The van der Waals surface area contributed by atoms with E-state index in [0.29, 0.717) is 18.2 Å². The molecule has 20 heavy (non-hydrogen) atoms. The molecule has 0 aromatic carbocycles. The van der Waals surface area contributed by atoms with Gasteiger partial charge in [0.2, 0.25) is 0 Å². The van der Waals surface area contributed by atoms with Gasteiger partial charge in [0.1, 0.15) is 5.69 Å². The summed E-state index contributed by atoms with van der Waals surface area (Å²) in [4.78, 5) is 14.2. The number of nitrogens with zero attached hydrogens (tertiary/aromatic N) is 2. The van der Waals surface area contributed by atoms with E-state index in [2.05, 4.69) is 34.3 Å². The summed E-state index contributed by atoms with van der Waals surface area (Å²) < 4.78 is 5.29. The average molecular weight is 280 g/mol. The summed E-state index contributed by atoms with van der Waals surface area (Å²) >= 11 is 0. The molecule has 6 heteroatoms. The monoisotopic (exact) mass is 280 g/mol. The van der Waals surface area contributed by atoms with Crippen LogP contribution in [0.2, 0.25) is 0 Å². The molecule has 1 aromatic heterocycles. The van der Waals surface area contributed by atoms with E-state index in [1.807, 2.05) is 6.07 Å². The minimum absolute atomic E-state index is 0.107. The molecule has 2 rings (SSSR count). The molecule has 1 fully saturated rings. The minimum Gasteiger partial charge on any atom is -0.379 e. The lowest BCUT2D eigenvalue weighted by Crippen LogP contribution is -2.41. The van der Waals surface area contributed by atoms with E-state index in [1.165, 1.54) is 0 Å². The highest BCUT2D eigenvalue weighted by atomic mass is 16.5. The second-order valence-electron chi connectivity index (χ2n) is 5.59. The summed E-state index contributed by atoms with van der Waals surface area (Å²) in [5.41, 5.74) is 1.49. The highest BCUT2D eigenvalue weighted by molar-refractivity contribution is 5.92. The maximum absolute atomic E-state index is 11.9. The van der Waals surface area contributed by atoms with Crippen molar-refractivity contribution in [2.45, 2.75) is 20.3 Å². The highest BCUT2D eigenvalue weighted by Crippen LogP contribution is 2.06. The zero-order valence-electron chi connectivity index (χ0n) is 12.3. The van der Waals surface area contributed by atoms with Gasteiger partial charge < -0.3 is 10.1 Å². The lowest BCUT2D eigenvalue weighted by molar-refractivity contribution is 0.0383. The predicted octanol–water partition coefficient (Wildman–Crippen LogP) is 0.670. The molecule has 1 amide bonds. The molecule has 6 nitrogen and oxygen atoms in total. The summed E-state index contributed by atoms with van der Waals surface area (Å²) in [6, 6.07) is 1.84. The number of hydrogen-bond donors (Lipinski definition) is 2. The van der Waals surface area contributed by atoms with Crippen molar-refractivity contribution in [2.24, 2.45) is 5.92 Å². The summed E-state index contributed by atoms with van der Waals surface area (Å²) in [5.74, 6) is 0.442. The van der Waals surface area contributed by atoms with Crippen LogP contribution in [0.3, 0.4) is 0 Å². The second-order valence-corrected chi connectivity index (χ2v) is 5.59. The lowest BCUT2D eigenvalue weighted by Gasteiger charge is -2.26. The molecule has 0 bridgehead atoms. The van der Waals surface area contributed by atoms with Crippen molar-refractivity contribution in [1.82, 2.24) is 20.4 Å². The normalized spacial score (nSPS) is 16.6. The Morgan fingerprint density at radius 1 is 1.50 bits per heavy atom. The van der Waals surface area contributed by atoms with Crippen molar-refractivity contribution in [3.63, 3.8) is 0 Å². The SMILES string of the molecule is CC(C)Cc1cc(C(=O)NCCN2CCOCC2)n[nH]1. The molecule has 0 aliphatic carbocycles. The third kappa shape index (κ3) is 4.61.